The molecule has 2 unspecified atom stereocenters. The van der Waals surface area contributed by atoms with Gasteiger partial charge in [-0.2, -0.15) is 0 Å². The summed E-state index contributed by atoms with van der Waals surface area (Å²) in [7, 11) is 3.42. The highest BCUT2D eigenvalue weighted by Crippen LogP contribution is 2.36. The zero-order chi connectivity index (χ0) is 17.4. The van der Waals surface area contributed by atoms with Gasteiger partial charge in [-0.05, 0) is 66.7 Å². The van der Waals surface area contributed by atoms with Crippen LogP contribution in [0.5, 0.6) is 11.5 Å². The Morgan fingerprint density at radius 3 is 2.00 bits per heavy atom. The van der Waals surface area contributed by atoms with Gasteiger partial charge in [-0.1, -0.05) is 41.0 Å². The molecule has 0 aromatic heterocycles. The van der Waals surface area contributed by atoms with Gasteiger partial charge < -0.3 is 9.47 Å². The van der Waals surface area contributed by atoms with Crippen LogP contribution < -0.4 is 9.47 Å². The van der Waals surface area contributed by atoms with Gasteiger partial charge in [-0.3, -0.25) is 0 Å². The Morgan fingerprint density at radius 2 is 1.52 bits per heavy atom. The summed E-state index contributed by atoms with van der Waals surface area (Å²) in [5.74, 6) is 3.89. The van der Waals surface area contributed by atoms with Crippen LogP contribution in [0.25, 0.3) is 0 Å². The van der Waals surface area contributed by atoms with Crippen LogP contribution in [0, 0.1) is 11.8 Å². The van der Waals surface area contributed by atoms with Crippen molar-refractivity contribution in [1.29, 1.82) is 0 Å². The molecule has 1 aromatic rings. The van der Waals surface area contributed by atoms with Gasteiger partial charge in [0.2, 0.25) is 0 Å². The molecule has 0 aliphatic carbocycles. The molecule has 0 N–H and O–H groups in total. The van der Waals surface area contributed by atoms with E-state index in [1.807, 2.05) is 0 Å². The van der Waals surface area contributed by atoms with Crippen LogP contribution in [-0.2, 0) is 6.42 Å². The minimum absolute atomic E-state index is 0.561. The summed E-state index contributed by atoms with van der Waals surface area (Å²) >= 11 is 0. The fourth-order valence-corrected chi connectivity index (χ4v) is 3.50. The van der Waals surface area contributed by atoms with E-state index in [1.54, 1.807) is 14.2 Å². The third-order valence-electron chi connectivity index (χ3n) is 4.95. The van der Waals surface area contributed by atoms with E-state index in [0.717, 1.165) is 29.8 Å². The largest absolute Gasteiger partial charge is 0.493 e. The monoisotopic (exact) mass is 320 g/mol. The molecule has 2 atom stereocenters. The quantitative estimate of drug-likeness (QED) is 0.509. The first-order chi connectivity index (χ1) is 11.0. The van der Waals surface area contributed by atoms with E-state index in [2.05, 4.69) is 46.8 Å². The van der Waals surface area contributed by atoms with Crippen molar-refractivity contribution in [1.82, 2.24) is 0 Å². The Hall–Kier alpha value is -1.18. The molecule has 0 saturated heterocycles. The maximum atomic E-state index is 5.50. The Balaban J connectivity index is 2.87. The smallest absolute Gasteiger partial charge is 0.161 e. The molecule has 0 heterocycles. The van der Waals surface area contributed by atoms with Gasteiger partial charge in [-0.15, -0.1) is 0 Å². The van der Waals surface area contributed by atoms with Crippen molar-refractivity contribution < 1.29 is 9.47 Å². The van der Waals surface area contributed by atoms with Crippen LogP contribution in [0.15, 0.2) is 12.1 Å². The van der Waals surface area contributed by atoms with Gasteiger partial charge in [0.05, 0.1) is 14.2 Å². The minimum Gasteiger partial charge on any atom is -0.493 e. The summed E-state index contributed by atoms with van der Waals surface area (Å²) < 4.78 is 10.9. The summed E-state index contributed by atoms with van der Waals surface area (Å²) in [4.78, 5) is 0. The lowest BCUT2D eigenvalue weighted by Crippen LogP contribution is -2.07. The lowest BCUT2D eigenvalue weighted by atomic mass is 9.84. The van der Waals surface area contributed by atoms with E-state index < -0.39 is 0 Å². The summed E-state index contributed by atoms with van der Waals surface area (Å²) in [6.45, 7) is 11.5. The van der Waals surface area contributed by atoms with Gasteiger partial charge in [0.1, 0.15) is 0 Å². The lowest BCUT2D eigenvalue weighted by molar-refractivity contribution is 0.350. The topological polar surface area (TPSA) is 18.5 Å². The third kappa shape index (κ3) is 5.75. The molecule has 0 radical (unpaired) electrons. The Kier molecular flexibility index (Phi) is 8.51. The standard InChI is InChI=1S/C21H36O2/c1-8-17(12-15(3)4)11-10-16(5)19-14-21(23-7)20(22-6)13-18(19)9-2/h13-17H,8-12H2,1-7H3. The number of ether oxygens (including phenoxy) is 2. The number of rotatable bonds is 10. The molecule has 2 nitrogen and oxygen atoms in total. The molecule has 0 aliphatic heterocycles. The highest BCUT2D eigenvalue weighted by molar-refractivity contribution is 5.48. The second-order valence-corrected chi connectivity index (χ2v) is 7.14. The highest BCUT2D eigenvalue weighted by Gasteiger charge is 2.17. The average molecular weight is 321 g/mol. The van der Waals surface area contributed by atoms with Crippen LogP contribution >= 0.6 is 0 Å². The molecule has 2 heteroatoms. The second-order valence-electron chi connectivity index (χ2n) is 7.14. The molecular weight excluding hydrogens is 284 g/mol. The predicted molar refractivity (Wildman–Crippen MR) is 99.8 cm³/mol. The first-order valence-electron chi connectivity index (χ1n) is 9.21. The summed E-state index contributed by atoms with van der Waals surface area (Å²) in [5, 5.41) is 0. The van der Waals surface area contributed by atoms with Crippen LogP contribution in [0.1, 0.15) is 77.3 Å². The van der Waals surface area contributed by atoms with Crippen LogP contribution in [0.4, 0.5) is 0 Å². The van der Waals surface area contributed by atoms with Gasteiger partial charge in [-0.25, -0.2) is 0 Å². The first kappa shape index (κ1) is 19.9. The van der Waals surface area contributed by atoms with Crippen molar-refractivity contribution in [2.45, 2.75) is 72.6 Å². The second kappa shape index (κ2) is 9.85. The van der Waals surface area contributed by atoms with Crippen LogP contribution in [0.3, 0.4) is 0 Å². The SMILES string of the molecule is CCc1cc(OC)c(OC)cc1C(C)CCC(CC)CC(C)C. The zero-order valence-corrected chi connectivity index (χ0v) is 16.2. The number of benzene rings is 1. The molecule has 0 amide bonds. The molecular formula is C21H36O2. The molecule has 0 aliphatic rings. The summed E-state index contributed by atoms with van der Waals surface area (Å²) in [6, 6.07) is 4.34. The van der Waals surface area contributed by atoms with Crippen molar-refractivity contribution in [2.24, 2.45) is 11.8 Å². The zero-order valence-electron chi connectivity index (χ0n) is 16.2. The van der Waals surface area contributed by atoms with E-state index in [1.165, 1.54) is 36.8 Å². The summed E-state index contributed by atoms with van der Waals surface area (Å²) in [5.41, 5.74) is 2.80. The minimum atomic E-state index is 0.561. The van der Waals surface area contributed by atoms with E-state index in [0.29, 0.717) is 5.92 Å². The summed E-state index contributed by atoms with van der Waals surface area (Å²) in [6.07, 6.45) is 6.22. The van der Waals surface area contributed by atoms with Gasteiger partial charge in [0, 0.05) is 0 Å². The van der Waals surface area contributed by atoms with Crippen LogP contribution in [0.2, 0.25) is 0 Å². The molecule has 1 rings (SSSR count). The normalized spacial score (nSPS) is 13.9. The fraction of sp³-hybridized carbons (Fsp3) is 0.714. The predicted octanol–water partition coefficient (Wildman–Crippen LogP) is 6.22. The molecule has 0 fully saturated rings. The fourth-order valence-electron chi connectivity index (χ4n) is 3.50. The van der Waals surface area contributed by atoms with Crippen molar-refractivity contribution in [3.8, 4) is 11.5 Å². The number of hydrogen-bond donors (Lipinski definition) is 0. The highest BCUT2D eigenvalue weighted by atomic mass is 16.5. The lowest BCUT2D eigenvalue weighted by Gasteiger charge is -2.22. The molecule has 1 aromatic carbocycles. The van der Waals surface area contributed by atoms with Crippen molar-refractivity contribution >= 4 is 0 Å². The van der Waals surface area contributed by atoms with E-state index >= 15 is 0 Å². The number of hydrogen-bond acceptors (Lipinski definition) is 2. The van der Waals surface area contributed by atoms with Crippen molar-refractivity contribution in [3.63, 3.8) is 0 Å². The van der Waals surface area contributed by atoms with Crippen molar-refractivity contribution in [2.75, 3.05) is 14.2 Å². The van der Waals surface area contributed by atoms with Gasteiger partial charge in [0.15, 0.2) is 11.5 Å². The average Bonchev–Trinajstić information content (AvgIpc) is 2.56. The Labute approximate surface area is 143 Å². The number of methoxy groups -OCH3 is 2. The van der Waals surface area contributed by atoms with E-state index in [4.69, 9.17) is 9.47 Å². The molecule has 0 spiro atoms. The molecule has 0 saturated carbocycles. The van der Waals surface area contributed by atoms with Crippen LogP contribution in [-0.4, -0.2) is 14.2 Å². The first-order valence-corrected chi connectivity index (χ1v) is 9.21. The number of aryl methyl sites for hydroxylation is 1. The van der Waals surface area contributed by atoms with E-state index in [9.17, 15) is 0 Å². The molecule has 132 valence electrons. The van der Waals surface area contributed by atoms with Gasteiger partial charge in [0.25, 0.3) is 0 Å². The van der Waals surface area contributed by atoms with Crippen molar-refractivity contribution in [3.05, 3.63) is 23.3 Å². The van der Waals surface area contributed by atoms with Gasteiger partial charge >= 0.3 is 0 Å². The maximum absolute atomic E-state index is 5.50. The van der Waals surface area contributed by atoms with E-state index in [-0.39, 0.29) is 0 Å². The maximum Gasteiger partial charge on any atom is 0.161 e. The molecule has 23 heavy (non-hydrogen) atoms. The third-order valence-corrected chi connectivity index (χ3v) is 4.95. The Bertz CT molecular complexity index is 465. The Morgan fingerprint density at radius 1 is 0.913 bits per heavy atom. The molecule has 0 bridgehead atoms.